The van der Waals surface area contributed by atoms with E-state index in [0.717, 1.165) is 17.5 Å². The molecule has 0 aliphatic rings. The molecule has 0 aliphatic carbocycles. The first-order chi connectivity index (χ1) is 15.2. The first-order valence-electron chi connectivity index (χ1n) is 11.0. The Morgan fingerprint density at radius 2 is 1.13 bits per heavy atom. The average Bonchev–Trinajstić information content (AvgIpc) is 2.83. The Kier molecular flexibility index (Phi) is 8.41. The Balaban J connectivity index is 1.47. The quantitative estimate of drug-likeness (QED) is 0.336. The third kappa shape index (κ3) is 6.82. The maximum Gasteiger partial charge on any atom is 0.269 e. The van der Waals surface area contributed by atoms with Crippen molar-refractivity contribution in [1.82, 2.24) is 10.9 Å². The fourth-order valence-corrected chi connectivity index (χ4v) is 3.46. The van der Waals surface area contributed by atoms with Crippen LogP contribution < -0.4 is 10.9 Å². The molecule has 0 spiro atoms. The molecule has 2 N–H and O–H groups in total. The minimum Gasteiger partial charge on any atom is -0.267 e. The van der Waals surface area contributed by atoms with Crippen molar-refractivity contribution < 1.29 is 9.59 Å². The number of carbonyl (C=O) groups is 2. The second-order valence-corrected chi connectivity index (χ2v) is 7.71. The van der Waals surface area contributed by atoms with Crippen molar-refractivity contribution in [2.45, 2.75) is 45.4 Å². The smallest absolute Gasteiger partial charge is 0.267 e. The van der Waals surface area contributed by atoms with Gasteiger partial charge in [0.15, 0.2) is 0 Å². The third-order valence-electron chi connectivity index (χ3n) is 5.33. The molecule has 0 bridgehead atoms. The van der Waals surface area contributed by atoms with Gasteiger partial charge >= 0.3 is 0 Å². The summed E-state index contributed by atoms with van der Waals surface area (Å²) >= 11 is 0. The van der Waals surface area contributed by atoms with E-state index >= 15 is 0 Å². The highest BCUT2D eigenvalue weighted by molar-refractivity contribution is 5.99. The summed E-state index contributed by atoms with van der Waals surface area (Å²) in [4.78, 5) is 24.7. The topological polar surface area (TPSA) is 58.2 Å². The van der Waals surface area contributed by atoms with Gasteiger partial charge in [-0.25, -0.2) is 0 Å². The van der Waals surface area contributed by atoms with Gasteiger partial charge < -0.3 is 0 Å². The van der Waals surface area contributed by atoms with Gasteiger partial charge in [0.05, 0.1) is 0 Å². The fourth-order valence-electron chi connectivity index (χ4n) is 3.46. The number of unbranched alkanes of at least 4 members (excludes halogenated alkanes) is 4. The Morgan fingerprint density at radius 3 is 1.71 bits per heavy atom. The molecular weight excluding hydrogens is 384 g/mol. The molecule has 0 unspecified atom stereocenters. The molecule has 3 rings (SSSR count). The lowest BCUT2D eigenvalue weighted by Crippen LogP contribution is -2.41. The highest BCUT2D eigenvalue weighted by Crippen LogP contribution is 2.19. The van der Waals surface area contributed by atoms with Gasteiger partial charge in [-0.1, -0.05) is 87.2 Å². The van der Waals surface area contributed by atoms with Crippen molar-refractivity contribution in [2.24, 2.45) is 0 Å². The van der Waals surface area contributed by atoms with Crippen LogP contribution >= 0.6 is 0 Å². The van der Waals surface area contributed by atoms with Crippen LogP contribution in [0.1, 0.15) is 65.3 Å². The van der Waals surface area contributed by atoms with Crippen molar-refractivity contribution in [1.29, 1.82) is 0 Å². The van der Waals surface area contributed by atoms with Crippen molar-refractivity contribution in [3.63, 3.8) is 0 Å². The van der Waals surface area contributed by atoms with Gasteiger partial charge in [-0.2, -0.15) is 0 Å². The van der Waals surface area contributed by atoms with Crippen LogP contribution in [-0.4, -0.2) is 11.8 Å². The van der Waals surface area contributed by atoms with E-state index in [4.69, 9.17) is 0 Å². The number of hydrazine groups is 1. The van der Waals surface area contributed by atoms with Crippen LogP contribution in [0.5, 0.6) is 0 Å². The van der Waals surface area contributed by atoms with Gasteiger partial charge in [-0.05, 0) is 53.8 Å². The number of rotatable bonds is 9. The number of amides is 2. The molecular formula is C27H30N2O2. The van der Waals surface area contributed by atoms with E-state index in [-0.39, 0.29) is 11.8 Å². The van der Waals surface area contributed by atoms with Crippen LogP contribution in [0.2, 0.25) is 0 Å². The molecule has 2 amide bonds. The van der Waals surface area contributed by atoms with Crippen LogP contribution in [-0.2, 0) is 6.42 Å². The van der Waals surface area contributed by atoms with Crippen molar-refractivity contribution in [3.05, 3.63) is 95.6 Å². The summed E-state index contributed by atoms with van der Waals surface area (Å²) in [6.45, 7) is 2.22. The minimum atomic E-state index is -0.350. The van der Waals surface area contributed by atoms with E-state index in [1.54, 1.807) is 24.3 Å². The molecule has 0 saturated heterocycles. The van der Waals surface area contributed by atoms with E-state index < -0.39 is 0 Å². The van der Waals surface area contributed by atoms with Gasteiger partial charge in [0, 0.05) is 11.1 Å². The van der Waals surface area contributed by atoms with Crippen molar-refractivity contribution >= 4 is 11.8 Å². The van der Waals surface area contributed by atoms with Crippen molar-refractivity contribution in [3.8, 4) is 11.1 Å². The van der Waals surface area contributed by atoms with Crippen LogP contribution in [0.3, 0.4) is 0 Å². The molecule has 0 aliphatic heterocycles. The predicted molar refractivity (Wildman–Crippen MR) is 126 cm³/mol. The molecule has 3 aromatic carbocycles. The standard InChI is InChI=1S/C27H30N2O2/c1-2-3-4-5-7-10-21-13-15-24(16-14-21)26(30)28-29-27(31)25-19-17-23(18-20-25)22-11-8-6-9-12-22/h6,8-9,11-20H,2-5,7,10H2,1H3,(H,28,30)(H,29,31). The van der Waals surface area contributed by atoms with E-state index in [1.807, 2.05) is 54.6 Å². The summed E-state index contributed by atoms with van der Waals surface area (Å²) in [6.07, 6.45) is 7.27. The zero-order chi connectivity index (χ0) is 21.9. The largest absolute Gasteiger partial charge is 0.269 e. The summed E-state index contributed by atoms with van der Waals surface area (Å²) in [5, 5.41) is 0. The first kappa shape index (κ1) is 22.3. The monoisotopic (exact) mass is 414 g/mol. The maximum absolute atomic E-state index is 12.3. The Hall–Kier alpha value is -3.40. The molecule has 0 heterocycles. The number of nitrogens with one attached hydrogen (secondary N) is 2. The Bertz CT molecular complexity index is 964. The summed E-state index contributed by atoms with van der Waals surface area (Å²) in [5.41, 5.74) is 9.34. The average molecular weight is 415 g/mol. The second-order valence-electron chi connectivity index (χ2n) is 7.71. The summed E-state index contributed by atoms with van der Waals surface area (Å²) in [7, 11) is 0. The summed E-state index contributed by atoms with van der Waals surface area (Å²) in [6, 6.07) is 24.8. The zero-order valence-corrected chi connectivity index (χ0v) is 18.1. The molecule has 0 atom stereocenters. The van der Waals surface area contributed by atoms with E-state index in [9.17, 15) is 9.59 Å². The Morgan fingerprint density at radius 1 is 0.613 bits per heavy atom. The first-order valence-corrected chi connectivity index (χ1v) is 11.0. The Labute approximate surface area is 184 Å². The van der Waals surface area contributed by atoms with Crippen LogP contribution in [0.25, 0.3) is 11.1 Å². The summed E-state index contributed by atoms with van der Waals surface area (Å²) < 4.78 is 0. The SMILES string of the molecule is CCCCCCCc1ccc(C(=O)NNC(=O)c2ccc(-c3ccccc3)cc2)cc1. The molecule has 3 aromatic rings. The molecule has 0 saturated carbocycles. The van der Waals surface area contributed by atoms with Crippen LogP contribution in [0.4, 0.5) is 0 Å². The zero-order valence-electron chi connectivity index (χ0n) is 18.1. The van der Waals surface area contributed by atoms with Crippen LogP contribution in [0.15, 0.2) is 78.9 Å². The highest BCUT2D eigenvalue weighted by Gasteiger charge is 2.09. The lowest BCUT2D eigenvalue weighted by molar-refractivity contribution is 0.0846. The van der Waals surface area contributed by atoms with Gasteiger partial charge in [0.2, 0.25) is 0 Å². The molecule has 0 aromatic heterocycles. The van der Waals surface area contributed by atoms with Gasteiger partial charge in [0.1, 0.15) is 0 Å². The number of carbonyl (C=O) groups excluding carboxylic acids is 2. The maximum atomic E-state index is 12.3. The van der Waals surface area contributed by atoms with E-state index in [1.165, 1.54) is 37.7 Å². The molecule has 0 fully saturated rings. The summed E-state index contributed by atoms with van der Waals surface area (Å²) in [5.74, 6) is -0.680. The second kappa shape index (κ2) is 11.7. The molecule has 160 valence electrons. The lowest BCUT2D eigenvalue weighted by atomic mass is 10.0. The van der Waals surface area contributed by atoms with Crippen LogP contribution in [0, 0.1) is 0 Å². The number of hydrogen-bond donors (Lipinski definition) is 2. The van der Waals surface area contributed by atoms with Gasteiger partial charge in [-0.3, -0.25) is 20.4 Å². The normalized spacial score (nSPS) is 10.5. The number of aryl methyl sites for hydroxylation is 1. The van der Waals surface area contributed by atoms with E-state index in [2.05, 4.69) is 17.8 Å². The van der Waals surface area contributed by atoms with Crippen molar-refractivity contribution in [2.75, 3.05) is 0 Å². The number of hydrogen-bond acceptors (Lipinski definition) is 2. The molecule has 0 radical (unpaired) electrons. The van der Waals surface area contributed by atoms with Gasteiger partial charge in [0.25, 0.3) is 11.8 Å². The minimum absolute atomic E-state index is 0.330. The van der Waals surface area contributed by atoms with Gasteiger partial charge in [-0.15, -0.1) is 0 Å². The highest BCUT2D eigenvalue weighted by atomic mass is 16.2. The third-order valence-corrected chi connectivity index (χ3v) is 5.33. The number of benzene rings is 3. The van der Waals surface area contributed by atoms with E-state index in [0.29, 0.717) is 11.1 Å². The lowest BCUT2D eigenvalue weighted by Gasteiger charge is -2.09. The molecule has 4 nitrogen and oxygen atoms in total. The fraction of sp³-hybridized carbons (Fsp3) is 0.259. The predicted octanol–water partition coefficient (Wildman–Crippen LogP) is 5.94. The molecule has 31 heavy (non-hydrogen) atoms. The molecule has 4 heteroatoms.